The standard InChI is InChI=1S/C18H26N4O2/c1-3-5-17(23)12-21-18(24)20-11-15-6-4-7-16(10-15)13-22-9-8-19-14(22)2/h4,6-10,17,23H,3,5,11-13H2,1-2H3,(H2,20,21,24). The van der Waals surface area contributed by atoms with Gasteiger partial charge in [-0.3, -0.25) is 0 Å². The molecule has 3 N–H and O–H groups in total. The van der Waals surface area contributed by atoms with Crippen LogP contribution in [0.3, 0.4) is 0 Å². The smallest absolute Gasteiger partial charge is 0.315 e. The van der Waals surface area contributed by atoms with Crippen molar-refractivity contribution in [3.63, 3.8) is 0 Å². The molecule has 0 spiro atoms. The lowest BCUT2D eigenvalue weighted by atomic mass is 10.1. The molecular formula is C18H26N4O2. The fourth-order valence-corrected chi connectivity index (χ4v) is 2.50. The minimum absolute atomic E-state index is 0.263. The van der Waals surface area contributed by atoms with Gasteiger partial charge in [0.25, 0.3) is 0 Å². The summed E-state index contributed by atoms with van der Waals surface area (Å²) in [6.07, 6.45) is 4.85. The summed E-state index contributed by atoms with van der Waals surface area (Å²) >= 11 is 0. The van der Waals surface area contributed by atoms with Crippen LogP contribution in [-0.4, -0.2) is 33.3 Å². The molecule has 2 rings (SSSR count). The normalized spacial score (nSPS) is 12.0. The van der Waals surface area contributed by atoms with Crippen LogP contribution in [0.15, 0.2) is 36.7 Å². The molecule has 0 aliphatic heterocycles. The first-order chi connectivity index (χ1) is 11.6. The highest BCUT2D eigenvalue weighted by Crippen LogP contribution is 2.08. The Morgan fingerprint density at radius 1 is 1.33 bits per heavy atom. The van der Waals surface area contributed by atoms with Crippen LogP contribution in [0.2, 0.25) is 0 Å². The number of imidazole rings is 1. The van der Waals surface area contributed by atoms with Crippen LogP contribution in [0.1, 0.15) is 36.7 Å². The lowest BCUT2D eigenvalue weighted by molar-refractivity contribution is 0.160. The van der Waals surface area contributed by atoms with Gasteiger partial charge in [-0.15, -0.1) is 0 Å². The van der Waals surface area contributed by atoms with E-state index in [1.165, 1.54) is 0 Å². The van der Waals surface area contributed by atoms with Crippen molar-refractivity contribution in [3.05, 3.63) is 53.6 Å². The van der Waals surface area contributed by atoms with E-state index in [1.807, 2.05) is 32.2 Å². The van der Waals surface area contributed by atoms with E-state index in [1.54, 1.807) is 6.20 Å². The van der Waals surface area contributed by atoms with Crippen molar-refractivity contribution in [2.45, 2.75) is 45.9 Å². The number of carbonyl (C=O) groups excluding carboxylic acids is 1. The van der Waals surface area contributed by atoms with Crippen molar-refractivity contribution in [1.29, 1.82) is 0 Å². The van der Waals surface area contributed by atoms with Gasteiger partial charge in [-0.05, 0) is 24.5 Å². The molecule has 0 aliphatic rings. The zero-order valence-corrected chi connectivity index (χ0v) is 14.3. The van der Waals surface area contributed by atoms with Gasteiger partial charge in [0.15, 0.2) is 0 Å². The number of urea groups is 1. The Balaban J connectivity index is 1.81. The van der Waals surface area contributed by atoms with Crippen LogP contribution in [0.25, 0.3) is 0 Å². The number of hydrogen-bond donors (Lipinski definition) is 3. The number of hydrogen-bond acceptors (Lipinski definition) is 3. The number of amides is 2. The van der Waals surface area contributed by atoms with Crippen LogP contribution in [0, 0.1) is 6.92 Å². The zero-order chi connectivity index (χ0) is 17.4. The van der Waals surface area contributed by atoms with Gasteiger partial charge in [0.1, 0.15) is 5.82 Å². The van der Waals surface area contributed by atoms with Crippen LogP contribution < -0.4 is 10.6 Å². The molecule has 1 aromatic carbocycles. The molecule has 24 heavy (non-hydrogen) atoms. The van der Waals surface area contributed by atoms with Crippen molar-refractivity contribution in [2.75, 3.05) is 6.54 Å². The highest BCUT2D eigenvalue weighted by Gasteiger charge is 2.06. The number of aliphatic hydroxyl groups excluding tert-OH is 1. The monoisotopic (exact) mass is 330 g/mol. The summed E-state index contributed by atoms with van der Waals surface area (Å²) in [6.45, 7) is 5.46. The SMILES string of the molecule is CCCC(O)CNC(=O)NCc1cccc(Cn2ccnc2C)c1. The fraction of sp³-hybridized carbons (Fsp3) is 0.444. The van der Waals surface area contributed by atoms with Gasteiger partial charge in [0, 0.05) is 32.0 Å². The van der Waals surface area contributed by atoms with Crippen molar-refractivity contribution in [2.24, 2.45) is 0 Å². The number of carbonyl (C=O) groups is 1. The van der Waals surface area contributed by atoms with Crippen LogP contribution in [-0.2, 0) is 13.1 Å². The van der Waals surface area contributed by atoms with Crippen molar-refractivity contribution < 1.29 is 9.90 Å². The molecule has 0 fully saturated rings. The third-order valence-electron chi connectivity index (χ3n) is 3.84. The molecule has 6 heteroatoms. The number of nitrogens with one attached hydrogen (secondary N) is 2. The van der Waals surface area contributed by atoms with E-state index in [0.29, 0.717) is 13.0 Å². The first-order valence-corrected chi connectivity index (χ1v) is 8.33. The van der Waals surface area contributed by atoms with Crippen molar-refractivity contribution >= 4 is 6.03 Å². The fourth-order valence-electron chi connectivity index (χ4n) is 2.50. The molecule has 1 atom stereocenters. The van der Waals surface area contributed by atoms with Gasteiger partial charge in [-0.25, -0.2) is 9.78 Å². The summed E-state index contributed by atoms with van der Waals surface area (Å²) in [7, 11) is 0. The molecule has 0 saturated carbocycles. The summed E-state index contributed by atoms with van der Waals surface area (Å²) in [5.74, 6) is 0.976. The van der Waals surface area contributed by atoms with Gasteiger partial charge in [-0.1, -0.05) is 37.6 Å². The Kier molecular flexibility index (Phi) is 6.81. The van der Waals surface area contributed by atoms with E-state index >= 15 is 0 Å². The highest BCUT2D eigenvalue weighted by atomic mass is 16.3. The topological polar surface area (TPSA) is 79.2 Å². The Morgan fingerprint density at radius 2 is 2.12 bits per heavy atom. The van der Waals surface area contributed by atoms with E-state index < -0.39 is 6.10 Å². The summed E-state index contributed by atoms with van der Waals surface area (Å²) in [4.78, 5) is 16.0. The maximum absolute atomic E-state index is 11.8. The second-order valence-electron chi connectivity index (χ2n) is 5.93. The predicted molar refractivity (Wildman–Crippen MR) is 93.7 cm³/mol. The highest BCUT2D eigenvalue weighted by molar-refractivity contribution is 5.73. The molecular weight excluding hydrogens is 304 g/mol. The molecule has 0 aliphatic carbocycles. The third-order valence-corrected chi connectivity index (χ3v) is 3.84. The van der Waals surface area contributed by atoms with Crippen LogP contribution >= 0.6 is 0 Å². The molecule has 130 valence electrons. The lowest BCUT2D eigenvalue weighted by Crippen LogP contribution is -2.39. The number of aromatic nitrogens is 2. The van der Waals surface area contributed by atoms with E-state index in [-0.39, 0.29) is 12.6 Å². The Morgan fingerprint density at radius 3 is 2.83 bits per heavy atom. The van der Waals surface area contributed by atoms with Gasteiger partial charge in [-0.2, -0.15) is 0 Å². The largest absolute Gasteiger partial charge is 0.391 e. The molecule has 2 amide bonds. The maximum atomic E-state index is 11.8. The van der Waals surface area contributed by atoms with Crippen molar-refractivity contribution in [1.82, 2.24) is 20.2 Å². The van der Waals surface area contributed by atoms with Gasteiger partial charge in [0.05, 0.1) is 6.10 Å². The van der Waals surface area contributed by atoms with E-state index in [9.17, 15) is 9.90 Å². The molecule has 0 saturated heterocycles. The molecule has 1 unspecified atom stereocenters. The lowest BCUT2D eigenvalue weighted by Gasteiger charge is -2.12. The van der Waals surface area contributed by atoms with Gasteiger partial charge >= 0.3 is 6.03 Å². The summed E-state index contributed by atoms with van der Waals surface area (Å²) < 4.78 is 2.08. The first kappa shape index (κ1) is 18.0. The van der Waals surface area contributed by atoms with E-state index in [2.05, 4.69) is 32.3 Å². The van der Waals surface area contributed by atoms with E-state index in [4.69, 9.17) is 0 Å². The first-order valence-electron chi connectivity index (χ1n) is 8.33. The summed E-state index contributed by atoms with van der Waals surface area (Å²) in [5, 5.41) is 15.1. The third kappa shape index (κ3) is 5.70. The molecule has 0 bridgehead atoms. The van der Waals surface area contributed by atoms with Crippen LogP contribution in [0.5, 0.6) is 0 Å². The van der Waals surface area contributed by atoms with Gasteiger partial charge in [0.2, 0.25) is 0 Å². The maximum Gasteiger partial charge on any atom is 0.315 e. The number of benzene rings is 1. The second-order valence-corrected chi connectivity index (χ2v) is 5.93. The average molecular weight is 330 g/mol. The van der Waals surface area contributed by atoms with Crippen molar-refractivity contribution in [3.8, 4) is 0 Å². The number of aliphatic hydroxyl groups is 1. The van der Waals surface area contributed by atoms with Gasteiger partial charge < -0.3 is 20.3 Å². The minimum atomic E-state index is -0.484. The predicted octanol–water partition coefficient (Wildman–Crippen LogP) is 2.20. The molecule has 1 heterocycles. The number of aryl methyl sites for hydroxylation is 1. The summed E-state index contributed by atoms with van der Waals surface area (Å²) in [5.41, 5.74) is 2.20. The molecule has 1 aromatic heterocycles. The number of rotatable bonds is 8. The average Bonchev–Trinajstić information content (AvgIpc) is 2.97. The summed E-state index contributed by atoms with van der Waals surface area (Å²) in [6, 6.07) is 7.84. The Bertz CT molecular complexity index is 654. The Hall–Kier alpha value is -2.34. The second kappa shape index (κ2) is 9.08. The Labute approximate surface area is 142 Å². The van der Waals surface area contributed by atoms with Crippen LogP contribution in [0.4, 0.5) is 4.79 Å². The molecule has 0 radical (unpaired) electrons. The molecule has 6 nitrogen and oxygen atoms in total. The molecule has 2 aromatic rings. The quantitative estimate of drug-likeness (QED) is 0.694. The minimum Gasteiger partial charge on any atom is -0.391 e. The zero-order valence-electron chi connectivity index (χ0n) is 14.3. The van der Waals surface area contributed by atoms with E-state index in [0.717, 1.165) is 29.9 Å². The number of nitrogens with zero attached hydrogens (tertiary/aromatic N) is 2.